The van der Waals surface area contributed by atoms with Crippen LogP contribution in [0.4, 0.5) is 4.79 Å². The van der Waals surface area contributed by atoms with Gasteiger partial charge in [0.1, 0.15) is 11.3 Å². The minimum Gasteiger partial charge on any atom is -0.460 e. The van der Waals surface area contributed by atoms with E-state index in [1.54, 1.807) is 7.05 Å². The molecule has 1 aliphatic heterocycles. The van der Waals surface area contributed by atoms with E-state index in [9.17, 15) is 9.59 Å². The summed E-state index contributed by atoms with van der Waals surface area (Å²) in [6, 6.07) is 7.61. The fourth-order valence-electron chi connectivity index (χ4n) is 3.22. The molecule has 6 heteroatoms. The van der Waals surface area contributed by atoms with E-state index < -0.39 is 0 Å². The van der Waals surface area contributed by atoms with E-state index >= 15 is 0 Å². The molecule has 128 valence electrons. The minimum atomic E-state index is -0.172. The van der Waals surface area contributed by atoms with Gasteiger partial charge in [0.25, 0.3) is 5.91 Å². The van der Waals surface area contributed by atoms with Crippen LogP contribution in [0.1, 0.15) is 35.9 Å². The third kappa shape index (κ3) is 3.09. The van der Waals surface area contributed by atoms with Gasteiger partial charge in [0, 0.05) is 38.0 Å². The lowest BCUT2D eigenvalue weighted by atomic mass is 10.0. The van der Waals surface area contributed by atoms with Crippen LogP contribution in [-0.2, 0) is 6.42 Å². The summed E-state index contributed by atoms with van der Waals surface area (Å²) in [7, 11) is 1.60. The van der Waals surface area contributed by atoms with Gasteiger partial charge in [-0.3, -0.25) is 4.79 Å². The molecule has 0 atom stereocenters. The monoisotopic (exact) mass is 329 g/mol. The number of amides is 3. The Bertz CT molecular complexity index is 745. The Morgan fingerprint density at radius 2 is 1.96 bits per heavy atom. The molecule has 0 saturated carbocycles. The van der Waals surface area contributed by atoms with Gasteiger partial charge in [-0.05, 0) is 18.9 Å². The standard InChI is InChI=1S/C18H23N3O3/c1-3-14-16(13-6-4-5-7-15(13)24-14)17(22)21-10-8-12(9-11-21)20-18(23)19-2/h4-7,12H,3,8-11H2,1-2H3,(H2,19,20,23). The lowest BCUT2D eigenvalue weighted by Crippen LogP contribution is -2.48. The van der Waals surface area contributed by atoms with Crippen LogP contribution in [0, 0.1) is 0 Å². The number of rotatable bonds is 3. The van der Waals surface area contributed by atoms with Gasteiger partial charge in [-0.2, -0.15) is 0 Å². The maximum Gasteiger partial charge on any atom is 0.314 e. The second kappa shape index (κ2) is 6.95. The number of nitrogens with one attached hydrogen (secondary N) is 2. The highest BCUT2D eigenvalue weighted by molar-refractivity contribution is 6.07. The Labute approximate surface area is 141 Å². The maximum absolute atomic E-state index is 13.0. The number of hydrogen-bond acceptors (Lipinski definition) is 3. The second-order valence-corrected chi connectivity index (χ2v) is 6.04. The molecule has 2 N–H and O–H groups in total. The highest BCUT2D eigenvalue weighted by atomic mass is 16.3. The van der Waals surface area contributed by atoms with Crippen molar-refractivity contribution in [3.63, 3.8) is 0 Å². The predicted molar refractivity (Wildman–Crippen MR) is 92.1 cm³/mol. The number of piperidine rings is 1. The zero-order valence-electron chi connectivity index (χ0n) is 14.1. The molecule has 1 fully saturated rings. The van der Waals surface area contributed by atoms with Gasteiger partial charge in [-0.25, -0.2) is 4.79 Å². The SMILES string of the molecule is CCc1oc2ccccc2c1C(=O)N1CCC(NC(=O)NC)CC1. The summed E-state index contributed by atoms with van der Waals surface area (Å²) < 4.78 is 5.84. The summed E-state index contributed by atoms with van der Waals surface area (Å²) >= 11 is 0. The fourth-order valence-corrected chi connectivity index (χ4v) is 3.22. The molecule has 0 aliphatic carbocycles. The van der Waals surface area contributed by atoms with Gasteiger partial charge in [0.2, 0.25) is 0 Å². The molecule has 24 heavy (non-hydrogen) atoms. The first kappa shape index (κ1) is 16.4. The van der Waals surface area contributed by atoms with E-state index in [-0.39, 0.29) is 18.0 Å². The first-order chi connectivity index (χ1) is 11.6. The Balaban J connectivity index is 1.75. The average molecular weight is 329 g/mol. The lowest BCUT2D eigenvalue weighted by Gasteiger charge is -2.32. The number of carbonyl (C=O) groups is 2. The summed E-state index contributed by atoms with van der Waals surface area (Å²) in [5.41, 5.74) is 1.44. The average Bonchev–Trinajstić information content (AvgIpc) is 3.00. The van der Waals surface area contributed by atoms with Crippen molar-refractivity contribution in [1.29, 1.82) is 0 Å². The first-order valence-electron chi connectivity index (χ1n) is 8.42. The van der Waals surface area contributed by atoms with E-state index in [1.165, 1.54) is 0 Å². The van der Waals surface area contributed by atoms with E-state index in [2.05, 4.69) is 10.6 Å². The van der Waals surface area contributed by atoms with Crippen LogP contribution in [-0.4, -0.2) is 43.0 Å². The van der Waals surface area contributed by atoms with Crippen LogP contribution in [0.25, 0.3) is 11.0 Å². The number of carbonyl (C=O) groups excluding carboxylic acids is 2. The van der Waals surface area contributed by atoms with Gasteiger partial charge in [-0.15, -0.1) is 0 Å². The molecule has 2 heterocycles. The molecule has 3 amide bonds. The number of benzene rings is 1. The van der Waals surface area contributed by atoms with Crippen LogP contribution in [0.15, 0.2) is 28.7 Å². The molecule has 2 aromatic rings. The van der Waals surface area contributed by atoms with Gasteiger partial charge >= 0.3 is 6.03 Å². The summed E-state index contributed by atoms with van der Waals surface area (Å²) in [5, 5.41) is 6.35. The molecule has 6 nitrogen and oxygen atoms in total. The van der Waals surface area contributed by atoms with Crippen molar-refractivity contribution in [2.24, 2.45) is 0 Å². The summed E-state index contributed by atoms with van der Waals surface area (Å²) in [5.74, 6) is 0.766. The number of nitrogens with zero attached hydrogens (tertiary/aromatic N) is 1. The predicted octanol–water partition coefficient (Wildman–Crippen LogP) is 2.53. The fraction of sp³-hybridized carbons (Fsp3) is 0.444. The summed E-state index contributed by atoms with van der Waals surface area (Å²) in [4.78, 5) is 26.3. The number of urea groups is 1. The third-order valence-corrected chi connectivity index (χ3v) is 4.55. The Kier molecular flexibility index (Phi) is 4.74. The van der Waals surface area contributed by atoms with Crippen LogP contribution in [0.3, 0.4) is 0 Å². The number of fused-ring (bicyclic) bond motifs is 1. The Hall–Kier alpha value is -2.50. The molecular weight excluding hydrogens is 306 g/mol. The van der Waals surface area contributed by atoms with E-state index in [0.717, 1.165) is 29.6 Å². The molecule has 0 radical (unpaired) electrons. The molecule has 1 saturated heterocycles. The van der Waals surface area contributed by atoms with Crippen molar-refractivity contribution in [3.05, 3.63) is 35.6 Å². The van der Waals surface area contributed by atoms with Crippen molar-refractivity contribution < 1.29 is 14.0 Å². The van der Waals surface area contributed by atoms with Gasteiger partial charge < -0.3 is 20.0 Å². The summed E-state index contributed by atoms with van der Waals surface area (Å²) in [6.45, 7) is 3.26. The zero-order chi connectivity index (χ0) is 17.1. The van der Waals surface area contributed by atoms with Crippen molar-refractivity contribution in [3.8, 4) is 0 Å². The molecule has 0 spiro atoms. The molecular formula is C18H23N3O3. The van der Waals surface area contributed by atoms with E-state index in [4.69, 9.17) is 4.42 Å². The van der Waals surface area contributed by atoms with Crippen LogP contribution >= 0.6 is 0 Å². The molecule has 3 rings (SSSR count). The van der Waals surface area contributed by atoms with Crippen molar-refractivity contribution >= 4 is 22.9 Å². The van der Waals surface area contributed by atoms with Crippen molar-refractivity contribution in [1.82, 2.24) is 15.5 Å². The number of para-hydroxylation sites is 1. The second-order valence-electron chi connectivity index (χ2n) is 6.04. The van der Waals surface area contributed by atoms with Gasteiger partial charge in [0.15, 0.2) is 0 Å². The maximum atomic E-state index is 13.0. The largest absolute Gasteiger partial charge is 0.460 e. The lowest BCUT2D eigenvalue weighted by molar-refractivity contribution is 0.0708. The molecule has 1 aromatic heterocycles. The Morgan fingerprint density at radius 3 is 2.62 bits per heavy atom. The number of furan rings is 1. The zero-order valence-corrected chi connectivity index (χ0v) is 14.1. The van der Waals surface area contributed by atoms with E-state index in [0.29, 0.717) is 25.1 Å². The highest BCUT2D eigenvalue weighted by Crippen LogP contribution is 2.28. The van der Waals surface area contributed by atoms with Gasteiger partial charge in [0.05, 0.1) is 5.56 Å². The Morgan fingerprint density at radius 1 is 1.25 bits per heavy atom. The topological polar surface area (TPSA) is 74.6 Å². The van der Waals surface area contributed by atoms with Gasteiger partial charge in [-0.1, -0.05) is 25.1 Å². The summed E-state index contributed by atoms with van der Waals surface area (Å²) in [6.07, 6.45) is 2.21. The molecule has 1 aliphatic rings. The van der Waals surface area contributed by atoms with E-state index in [1.807, 2.05) is 36.1 Å². The smallest absolute Gasteiger partial charge is 0.314 e. The molecule has 1 aromatic carbocycles. The van der Waals surface area contributed by atoms with Crippen molar-refractivity contribution in [2.45, 2.75) is 32.2 Å². The number of hydrogen-bond donors (Lipinski definition) is 2. The quantitative estimate of drug-likeness (QED) is 0.909. The van der Waals surface area contributed by atoms with Crippen LogP contribution in [0.5, 0.6) is 0 Å². The van der Waals surface area contributed by atoms with Crippen molar-refractivity contribution in [2.75, 3.05) is 20.1 Å². The first-order valence-corrected chi connectivity index (χ1v) is 8.42. The van der Waals surface area contributed by atoms with Crippen LogP contribution in [0.2, 0.25) is 0 Å². The number of aryl methyl sites for hydroxylation is 1. The molecule has 0 unspecified atom stereocenters. The number of likely N-dealkylation sites (tertiary alicyclic amines) is 1. The molecule has 0 bridgehead atoms. The normalized spacial score (nSPS) is 15.5. The van der Waals surface area contributed by atoms with Crippen LogP contribution < -0.4 is 10.6 Å². The third-order valence-electron chi connectivity index (χ3n) is 4.55. The highest BCUT2D eigenvalue weighted by Gasteiger charge is 2.28. The minimum absolute atomic E-state index is 0.0233.